The van der Waals surface area contributed by atoms with Crippen molar-refractivity contribution in [1.82, 2.24) is 10.3 Å². The molecule has 4 rings (SSSR count). The smallest absolute Gasteiger partial charge is 0.224 e. The van der Waals surface area contributed by atoms with Crippen LogP contribution in [0.15, 0.2) is 22.7 Å². The van der Waals surface area contributed by atoms with Crippen molar-refractivity contribution >= 4 is 44.3 Å². The molecule has 1 amide bonds. The van der Waals surface area contributed by atoms with Gasteiger partial charge in [-0.3, -0.25) is 14.4 Å². The Labute approximate surface area is 200 Å². The fourth-order valence-electron chi connectivity index (χ4n) is 4.71. The minimum absolute atomic E-state index is 0.124. The molecule has 2 fully saturated rings. The molecule has 2 N–H and O–H groups in total. The number of amides is 1. The Morgan fingerprint density at radius 3 is 2.73 bits per heavy atom. The SMILES string of the molecule is N#C[C@H](C[C@@H]1CCCCC1=O)NC(=O)[C@@H](CC(=O)c1[nH]c2cc(Br)ccc2c1F)CC1CC1. The highest BCUT2D eigenvalue weighted by Gasteiger charge is 2.34. The maximum absolute atomic E-state index is 14.9. The van der Waals surface area contributed by atoms with Crippen molar-refractivity contribution in [2.45, 2.75) is 63.8 Å². The standard InChI is InChI=1S/C25H27BrFN3O3/c26-17-7-8-19-20(12-17)30-24(23(19)27)22(32)11-16(9-14-5-6-14)25(33)29-18(13-28)10-15-3-1-2-4-21(15)31/h7-8,12,14-16,18,30H,1-6,9-11H2,(H,29,33)/t15-,16+,18-/m0/s1. The summed E-state index contributed by atoms with van der Waals surface area (Å²) in [6.07, 6.45) is 5.82. The molecule has 8 heteroatoms. The highest BCUT2D eigenvalue weighted by molar-refractivity contribution is 9.10. The predicted octanol–water partition coefficient (Wildman–Crippen LogP) is 5.22. The number of nitrogens with zero attached hydrogens (tertiary/aromatic N) is 1. The molecule has 0 bridgehead atoms. The minimum Gasteiger partial charge on any atom is -0.350 e. The Kier molecular flexibility index (Phi) is 7.28. The normalized spacial score (nSPS) is 20.3. The van der Waals surface area contributed by atoms with Gasteiger partial charge in [-0.15, -0.1) is 0 Å². The summed E-state index contributed by atoms with van der Waals surface area (Å²) in [4.78, 5) is 41.0. The van der Waals surface area contributed by atoms with Crippen LogP contribution in [0.25, 0.3) is 10.9 Å². The average Bonchev–Trinajstić information content (AvgIpc) is 3.55. The number of hydrogen-bond acceptors (Lipinski definition) is 4. The van der Waals surface area contributed by atoms with Crippen molar-refractivity contribution in [3.05, 3.63) is 34.2 Å². The van der Waals surface area contributed by atoms with Gasteiger partial charge < -0.3 is 10.3 Å². The lowest BCUT2D eigenvalue weighted by molar-refractivity contribution is -0.127. The van der Waals surface area contributed by atoms with E-state index in [4.69, 9.17) is 0 Å². The van der Waals surface area contributed by atoms with Gasteiger partial charge in [0.1, 0.15) is 17.5 Å². The van der Waals surface area contributed by atoms with Crippen LogP contribution < -0.4 is 5.32 Å². The van der Waals surface area contributed by atoms with Crippen LogP contribution in [-0.4, -0.2) is 28.5 Å². The van der Waals surface area contributed by atoms with Gasteiger partial charge in [-0.25, -0.2) is 4.39 Å². The van der Waals surface area contributed by atoms with Gasteiger partial charge in [-0.1, -0.05) is 35.2 Å². The van der Waals surface area contributed by atoms with E-state index in [2.05, 4.69) is 32.3 Å². The fourth-order valence-corrected chi connectivity index (χ4v) is 5.08. The molecule has 33 heavy (non-hydrogen) atoms. The maximum atomic E-state index is 14.9. The number of halogens is 2. The molecule has 2 aliphatic rings. The summed E-state index contributed by atoms with van der Waals surface area (Å²) in [7, 11) is 0. The van der Waals surface area contributed by atoms with Crippen molar-refractivity contribution < 1.29 is 18.8 Å². The van der Waals surface area contributed by atoms with Crippen LogP contribution in [0.3, 0.4) is 0 Å². The Bertz CT molecular complexity index is 1120. The van der Waals surface area contributed by atoms with Crippen LogP contribution in [0, 0.1) is 34.9 Å². The number of fused-ring (bicyclic) bond motifs is 1. The Hall–Kier alpha value is -2.53. The van der Waals surface area contributed by atoms with E-state index >= 15 is 0 Å². The third-order valence-electron chi connectivity index (χ3n) is 6.77. The number of hydrogen-bond donors (Lipinski definition) is 2. The van der Waals surface area contributed by atoms with E-state index in [1.807, 2.05) is 0 Å². The van der Waals surface area contributed by atoms with Crippen LogP contribution in [0.1, 0.15) is 68.3 Å². The number of carbonyl (C=O) groups excluding carboxylic acids is 3. The largest absolute Gasteiger partial charge is 0.350 e. The van der Waals surface area contributed by atoms with Crippen molar-refractivity contribution in [3.8, 4) is 6.07 Å². The fraction of sp³-hybridized carbons (Fsp3) is 0.520. The van der Waals surface area contributed by atoms with E-state index < -0.39 is 23.6 Å². The number of aromatic amines is 1. The van der Waals surface area contributed by atoms with Crippen molar-refractivity contribution in [2.24, 2.45) is 17.8 Å². The first-order chi connectivity index (χ1) is 15.9. The number of aromatic nitrogens is 1. The lowest BCUT2D eigenvalue weighted by atomic mass is 9.83. The van der Waals surface area contributed by atoms with E-state index in [0.717, 1.165) is 36.6 Å². The topological polar surface area (TPSA) is 103 Å². The zero-order chi connectivity index (χ0) is 23.5. The summed E-state index contributed by atoms with van der Waals surface area (Å²) in [5.41, 5.74) is 0.386. The van der Waals surface area contributed by atoms with Gasteiger partial charge in [0.05, 0.1) is 11.6 Å². The molecule has 1 heterocycles. The zero-order valence-corrected chi connectivity index (χ0v) is 19.9. The highest BCUT2D eigenvalue weighted by Crippen LogP contribution is 2.37. The Balaban J connectivity index is 1.45. The van der Waals surface area contributed by atoms with Crippen molar-refractivity contribution in [2.75, 3.05) is 0 Å². The molecule has 0 radical (unpaired) electrons. The van der Waals surface area contributed by atoms with Crippen LogP contribution in [0.4, 0.5) is 4.39 Å². The second-order valence-corrected chi connectivity index (χ2v) is 10.3. The third-order valence-corrected chi connectivity index (χ3v) is 7.26. The van der Waals surface area contributed by atoms with Crippen LogP contribution in [0.5, 0.6) is 0 Å². The highest BCUT2D eigenvalue weighted by atomic mass is 79.9. The molecule has 6 nitrogen and oxygen atoms in total. The van der Waals surface area contributed by atoms with Gasteiger partial charge in [0.2, 0.25) is 5.91 Å². The second-order valence-electron chi connectivity index (χ2n) is 9.34. The monoisotopic (exact) mass is 515 g/mol. The summed E-state index contributed by atoms with van der Waals surface area (Å²) in [6.45, 7) is 0. The van der Waals surface area contributed by atoms with Gasteiger partial charge in [0.25, 0.3) is 0 Å². The molecule has 0 aliphatic heterocycles. The second kappa shape index (κ2) is 10.2. The molecule has 2 saturated carbocycles. The number of Topliss-reactive ketones (excluding diaryl/α,β-unsaturated/α-hetero) is 2. The minimum atomic E-state index is -0.775. The van der Waals surface area contributed by atoms with Crippen LogP contribution in [-0.2, 0) is 9.59 Å². The zero-order valence-electron chi connectivity index (χ0n) is 18.3. The molecule has 1 aromatic heterocycles. The van der Waals surface area contributed by atoms with Gasteiger partial charge >= 0.3 is 0 Å². The number of rotatable bonds is 9. The third kappa shape index (κ3) is 5.70. The maximum Gasteiger partial charge on any atom is 0.224 e. The average molecular weight is 516 g/mol. The number of carbonyl (C=O) groups is 3. The number of nitriles is 1. The first-order valence-corrected chi connectivity index (χ1v) is 12.4. The van der Waals surface area contributed by atoms with Crippen LogP contribution in [0.2, 0.25) is 0 Å². The van der Waals surface area contributed by atoms with Gasteiger partial charge in [-0.2, -0.15) is 5.26 Å². The van der Waals surface area contributed by atoms with E-state index in [-0.39, 0.29) is 29.7 Å². The molecule has 0 unspecified atom stereocenters. The quantitative estimate of drug-likeness (QED) is 0.447. The molecule has 2 aromatic rings. The number of H-pyrrole nitrogens is 1. The number of nitrogens with one attached hydrogen (secondary N) is 2. The summed E-state index contributed by atoms with van der Waals surface area (Å²) in [5, 5.41) is 12.6. The molecule has 2 aliphatic carbocycles. The number of ketones is 2. The molecule has 3 atom stereocenters. The molecule has 174 valence electrons. The molecule has 0 saturated heterocycles. The summed E-state index contributed by atoms with van der Waals surface area (Å²) >= 11 is 3.34. The summed E-state index contributed by atoms with van der Waals surface area (Å²) in [5.74, 6) is -1.76. The van der Waals surface area contributed by atoms with Crippen LogP contribution >= 0.6 is 15.9 Å². The van der Waals surface area contributed by atoms with Gasteiger partial charge in [-0.05, 0) is 49.8 Å². The molecular formula is C25H27BrFN3O3. The van der Waals surface area contributed by atoms with E-state index in [0.29, 0.717) is 36.1 Å². The lowest BCUT2D eigenvalue weighted by Gasteiger charge is -2.24. The van der Waals surface area contributed by atoms with E-state index in [9.17, 15) is 24.0 Å². The Morgan fingerprint density at radius 2 is 2.03 bits per heavy atom. The predicted molar refractivity (Wildman–Crippen MR) is 125 cm³/mol. The molecular weight excluding hydrogens is 489 g/mol. The van der Waals surface area contributed by atoms with E-state index in [1.54, 1.807) is 18.2 Å². The number of benzene rings is 1. The van der Waals surface area contributed by atoms with Gasteiger partial charge in [0, 0.05) is 34.5 Å². The lowest BCUT2D eigenvalue weighted by Crippen LogP contribution is -2.41. The molecule has 0 spiro atoms. The van der Waals surface area contributed by atoms with E-state index in [1.165, 1.54) is 0 Å². The van der Waals surface area contributed by atoms with Gasteiger partial charge in [0.15, 0.2) is 11.6 Å². The van der Waals surface area contributed by atoms with Crippen molar-refractivity contribution in [3.63, 3.8) is 0 Å². The Morgan fingerprint density at radius 1 is 1.24 bits per heavy atom. The molecule has 1 aromatic carbocycles. The summed E-state index contributed by atoms with van der Waals surface area (Å²) in [6, 6.07) is 6.33. The first kappa shape index (κ1) is 23.6. The summed E-state index contributed by atoms with van der Waals surface area (Å²) < 4.78 is 15.6. The first-order valence-electron chi connectivity index (χ1n) is 11.6. The van der Waals surface area contributed by atoms with Crippen molar-refractivity contribution in [1.29, 1.82) is 5.26 Å².